The molecule has 3 nitrogen and oxygen atoms in total. The molecule has 0 saturated carbocycles. The summed E-state index contributed by atoms with van der Waals surface area (Å²) in [4.78, 5) is 2.18. The maximum Gasteiger partial charge on any atom is 0.118 e. The molecule has 0 unspecified atom stereocenters. The van der Waals surface area contributed by atoms with Crippen molar-refractivity contribution in [1.29, 1.82) is 0 Å². The summed E-state index contributed by atoms with van der Waals surface area (Å²) in [6.07, 6.45) is 0. The van der Waals surface area contributed by atoms with Gasteiger partial charge >= 0.3 is 0 Å². The van der Waals surface area contributed by atoms with Gasteiger partial charge in [-0.15, -0.1) is 0 Å². The molecule has 0 amide bonds. The van der Waals surface area contributed by atoms with Gasteiger partial charge in [-0.25, -0.2) is 0 Å². The van der Waals surface area contributed by atoms with Crippen molar-refractivity contribution in [1.82, 2.24) is 0 Å². The first kappa shape index (κ1) is 12.3. The molecule has 0 radical (unpaired) electrons. The normalized spacial score (nSPS) is 10.1. The molecule has 94 valence electrons. The molecule has 0 aliphatic carbocycles. The minimum Gasteiger partial charge on any atom is -0.497 e. The number of nitrogen functional groups attached to an aromatic ring is 1. The van der Waals surface area contributed by atoms with Crippen molar-refractivity contribution >= 4 is 11.4 Å². The lowest BCUT2D eigenvalue weighted by atomic mass is 10.2. The van der Waals surface area contributed by atoms with Gasteiger partial charge in [-0.05, 0) is 42.0 Å². The number of nitrogens with two attached hydrogens (primary N) is 1. The van der Waals surface area contributed by atoms with E-state index in [1.165, 1.54) is 5.56 Å². The van der Waals surface area contributed by atoms with Crippen molar-refractivity contribution in [2.24, 2.45) is 0 Å². The monoisotopic (exact) mass is 242 g/mol. The molecule has 0 heterocycles. The van der Waals surface area contributed by atoms with Crippen LogP contribution in [0.4, 0.5) is 11.4 Å². The smallest absolute Gasteiger partial charge is 0.118 e. The van der Waals surface area contributed by atoms with E-state index < -0.39 is 0 Å². The SMILES string of the molecule is COc1ccc(CN(C)c2ccc(N)cc2)cc1. The summed E-state index contributed by atoms with van der Waals surface area (Å²) in [5, 5.41) is 0. The highest BCUT2D eigenvalue weighted by atomic mass is 16.5. The van der Waals surface area contributed by atoms with E-state index in [1.54, 1.807) is 7.11 Å². The van der Waals surface area contributed by atoms with Crippen LogP contribution in [0.2, 0.25) is 0 Å². The number of hydrogen-bond donors (Lipinski definition) is 1. The molecular formula is C15H18N2O. The van der Waals surface area contributed by atoms with E-state index >= 15 is 0 Å². The molecule has 2 aromatic rings. The van der Waals surface area contributed by atoms with Crippen LogP contribution in [0.3, 0.4) is 0 Å². The van der Waals surface area contributed by atoms with Crippen LogP contribution in [0.15, 0.2) is 48.5 Å². The zero-order valence-corrected chi connectivity index (χ0v) is 10.8. The summed E-state index contributed by atoms with van der Waals surface area (Å²) in [5.74, 6) is 0.883. The zero-order valence-electron chi connectivity index (χ0n) is 10.8. The second kappa shape index (κ2) is 5.45. The summed E-state index contributed by atoms with van der Waals surface area (Å²) in [5.41, 5.74) is 8.87. The number of anilines is 2. The van der Waals surface area contributed by atoms with Crippen molar-refractivity contribution in [3.63, 3.8) is 0 Å². The van der Waals surface area contributed by atoms with E-state index in [0.29, 0.717) is 0 Å². The summed E-state index contributed by atoms with van der Waals surface area (Å²) < 4.78 is 5.14. The molecule has 2 rings (SSSR count). The second-order valence-corrected chi connectivity index (χ2v) is 4.30. The average Bonchev–Trinajstić information content (AvgIpc) is 2.40. The minimum absolute atomic E-state index is 0.789. The fraction of sp³-hybridized carbons (Fsp3) is 0.200. The molecule has 0 spiro atoms. The van der Waals surface area contributed by atoms with Gasteiger partial charge in [0.15, 0.2) is 0 Å². The zero-order chi connectivity index (χ0) is 13.0. The molecule has 3 heteroatoms. The van der Waals surface area contributed by atoms with Crippen molar-refractivity contribution in [2.45, 2.75) is 6.54 Å². The van der Waals surface area contributed by atoms with Gasteiger partial charge in [0, 0.05) is 25.0 Å². The number of methoxy groups -OCH3 is 1. The van der Waals surface area contributed by atoms with Crippen LogP contribution in [0, 0.1) is 0 Å². The van der Waals surface area contributed by atoms with Gasteiger partial charge in [-0.3, -0.25) is 0 Å². The van der Waals surface area contributed by atoms with Crippen LogP contribution in [0.25, 0.3) is 0 Å². The molecule has 0 fully saturated rings. The van der Waals surface area contributed by atoms with Gasteiger partial charge in [0.25, 0.3) is 0 Å². The summed E-state index contributed by atoms with van der Waals surface area (Å²) in [7, 11) is 3.74. The highest BCUT2D eigenvalue weighted by molar-refractivity contribution is 5.52. The fourth-order valence-electron chi connectivity index (χ4n) is 1.82. The van der Waals surface area contributed by atoms with Gasteiger partial charge in [0.1, 0.15) is 5.75 Å². The number of rotatable bonds is 4. The Morgan fingerprint density at radius 3 is 2.17 bits per heavy atom. The van der Waals surface area contributed by atoms with Crippen LogP contribution in [0.1, 0.15) is 5.56 Å². The lowest BCUT2D eigenvalue weighted by Gasteiger charge is -2.19. The van der Waals surface area contributed by atoms with E-state index in [9.17, 15) is 0 Å². The molecule has 0 atom stereocenters. The van der Waals surface area contributed by atoms with E-state index in [1.807, 2.05) is 36.4 Å². The first-order valence-electron chi connectivity index (χ1n) is 5.88. The largest absolute Gasteiger partial charge is 0.497 e. The van der Waals surface area contributed by atoms with Crippen LogP contribution in [0.5, 0.6) is 5.75 Å². The van der Waals surface area contributed by atoms with Crippen LogP contribution >= 0.6 is 0 Å². The highest BCUT2D eigenvalue weighted by Crippen LogP contribution is 2.18. The Balaban J connectivity index is 2.05. The van der Waals surface area contributed by atoms with Crippen LogP contribution < -0.4 is 15.4 Å². The quantitative estimate of drug-likeness (QED) is 0.838. The Hall–Kier alpha value is -2.16. The van der Waals surface area contributed by atoms with Crippen LogP contribution in [-0.2, 0) is 6.54 Å². The third kappa shape index (κ3) is 2.94. The molecular weight excluding hydrogens is 224 g/mol. The predicted octanol–water partition coefficient (Wildman–Crippen LogP) is 2.91. The minimum atomic E-state index is 0.789. The van der Waals surface area contributed by atoms with Crippen LogP contribution in [-0.4, -0.2) is 14.2 Å². The first-order chi connectivity index (χ1) is 8.69. The van der Waals surface area contributed by atoms with Crippen molar-refractivity contribution < 1.29 is 4.74 Å². The molecule has 0 saturated heterocycles. The lowest BCUT2D eigenvalue weighted by molar-refractivity contribution is 0.414. The number of hydrogen-bond acceptors (Lipinski definition) is 3. The number of nitrogens with zero attached hydrogens (tertiary/aromatic N) is 1. The van der Waals surface area contributed by atoms with Gasteiger partial charge in [0.05, 0.1) is 7.11 Å². The Kier molecular flexibility index (Phi) is 3.72. The Morgan fingerprint density at radius 2 is 1.61 bits per heavy atom. The van der Waals surface area contributed by atoms with Crippen molar-refractivity contribution in [3.05, 3.63) is 54.1 Å². The molecule has 0 bridgehead atoms. The van der Waals surface area contributed by atoms with E-state index in [-0.39, 0.29) is 0 Å². The number of ether oxygens (including phenoxy) is 1. The number of benzene rings is 2. The van der Waals surface area contributed by atoms with Gasteiger partial charge in [-0.1, -0.05) is 12.1 Å². The predicted molar refractivity (Wildman–Crippen MR) is 76.0 cm³/mol. The molecule has 0 aromatic heterocycles. The molecule has 2 aromatic carbocycles. The molecule has 18 heavy (non-hydrogen) atoms. The molecule has 0 aliphatic heterocycles. The van der Waals surface area contributed by atoms with Gasteiger partial charge < -0.3 is 15.4 Å². The topological polar surface area (TPSA) is 38.5 Å². The van der Waals surface area contributed by atoms with E-state index in [2.05, 4.69) is 24.1 Å². The summed E-state index contributed by atoms with van der Waals surface area (Å²) >= 11 is 0. The van der Waals surface area contributed by atoms with E-state index in [4.69, 9.17) is 10.5 Å². The maximum atomic E-state index is 5.68. The third-order valence-corrected chi connectivity index (χ3v) is 2.91. The fourth-order valence-corrected chi connectivity index (χ4v) is 1.82. The van der Waals surface area contributed by atoms with Crippen molar-refractivity contribution in [2.75, 3.05) is 24.8 Å². The molecule has 0 aliphatic rings. The third-order valence-electron chi connectivity index (χ3n) is 2.91. The van der Waals surface area contributed by atoms with E-state index in [0.717, 1.165) is 23.7 Å². The van der Waals surface area contributed by atoms with Gasteiger partial charge in [-0.2, -0.15) is 0 Å². The summed E-state index contributed by atoms with van der Waals surface area (Å²) in [6, 6.07) is 16.0. The van der Waals surface area contributed by atoms with Crippen molar-refractivity contribution in [3.8, 4) is 5.75 Å². The first-order valence-corrected chi connectivity index (χ1v) is 5.88. The lowest BCUT2D eigenvalue weighted by Crippen LogP contribution is -2.16. The summed E-state index contributed by atoms with van der Waals surface area (Å²) in [6.45, 7) is 0.855. The van der Waals surface area contributed by atoms with Gasteiger partial charge in [0.2, 0.25) is 0 Å². The maximum absolute atomic E-state index is 5.68. The highest BCUT2D eigenvalue weighted by Gasteiger charge is 2.02. The Labute approximate surface area is 108 Å². The molecule has 2 N–H and O–H groups in total. The Morgan fingerprint density at radius 1 is 1.00 bits per heavy atom. The average molecular weight is 242 g/mol. The standard InChI is InChI=1S/C15H18N2O/c1-17(14-7-5-13(16)6-8-14)11-12-3-9-15(18-2)10-4-12/h3-10H,11,16H2,1-2H3. The second-order valence-electron chi connectivity index (χ2n) is 4.30. The Bertz CT molecular complexity index is 491.